The molecule has 1 atom stereocenters. The van der Waals surface area contributed by atoms with Crippen LogP contribution in [0.1, 0.15) is 38.7 Å². The van der Waals surface area contributed by atoms with Crippen LogP contribution in [0.4, 0.5) is 0 Å². The maximum absolute atomic E-state index is 11.3. The van der Waals surface area contributed by atoms with E-state index in [-0.39, 0.29) is 17.4 Å². The van der Waals surface area contributed by atoms with Crippen molar-refractivity contribution in [2.75, 3.05) is 6.61 Å². The smallest absolute Gasteiger partial charge is 0.303 e. The second-order valence-electron chi connectivity index (χ2n) is 6.37. The Hall–Kier alpha value is -1.06. The minimum atomic E-state index is -0.755. The van der Waals surface area contributed by atoms with Crippen LogP contribution in [-0.4, -0.2) is 23.3 Å². The molecular formula is C16H21ClO3. The average molecular weight is 297 g/mol. The highest BCUT2D eigenvalue weighted by atomic mass is 35.5. The number of ether oxygens (including phenoxy) is 1. The summed E-state index contributed by atoms with van der Waals surface area (Å²) in [4.78, 5) is 11.3. The van der Waals surface area contributed by atoms with Gasteiger partial charge in [-0.15, -0.1) is 0 Å². The zero-order valence-electron chi connectivity index (χ0n) is 12.0. The van der Waals surface area contributed by atoms with Gasteiger partial charge in [0.05, 0.1) is 12.0 Å². The number of benzene rings is 1. The van der Waals surface area contributed by atoms with Gasteiger partial charge in [-0.25, -0.2) is 0 Å². The molecule has 1 aromatic carbocycles. The Kier molecular flexibility index (Phi) is 4.40. The maximum atomic E-state index is 11.3. The molecule has 1 saturated heterocycles. The zero-order valence-corrected chi connectivity index (χ0v) is 12.7. The van der Waals surface area contributed by atoms with Crippen LogP contribution in [0.3, 0.4) is 0 Å². The predicted octanol–water partition coefficient (Wildman–Crippen LogP) is 3.93. The Labute approximate surface area is 124 Å². The van der Waals surface area contributed by atoms with Crippen LogP contribution in [0.25, 0.3) is 0 Å². The van der Waals surface area contributed by atoms with E-state index < -0.39 is 5.97 Å². The van der Waals surface area contributed by atoms with Gasteiger partial charge in [0.1, 0.15) is 0 Å². The van der Waals surface area contributed by atoms with E-state index in [0.29, 0.717) is 18.1 Å². The first-order valence-electron chi connectivity index (χ1n) is 6.91. The third-order valence-corrected chi connectivity index (χ3v) is 4.34. The van der Waals surface area contributed by atoms with Crippen molar-refractivity contribution in [3.05, 3.63) is 34.9 Å². The fourth-order valence-corrected chi connectivity index (χ4v) is 3.52. The molecule has 20 heavy (non-hydrogen) atoms. The zero-order chi connectivity index (χ0) is 14.8. The molecule has 1 fully saturated rings. The molecule has 1 N–H and O–H groups in total. The van der Waals surface area contributed by atoms with Gasteiger partial charge in [0.2, 0.25) is 0 Å². The van der Waals surface area contributed by atoms with Crippen LogP contribution < -0.4 is 0 Å². The minimum Gasteiger partial charge on any atom is -0.481 e. The topological polar surface area (TPSA) is 46.5 Å². The number of hydrogen-bond donors (Lipinski definition) is 1. The number of rotatable bonds is 4. The van der Waals surface area contributed by atoms with Crippen LogP contribution in [0, 0.1) is 5.41 Å². The highest BCUT2D eigenvalue weighted by Gasteiger charge is 2.42. The monoisotopic (exact) mass is 296 g/mol. The molecule has 110 valence electrons. The van der Waals surface area contributed by atoms with Crippen molar-refractivity contribution in [3.8, 4) is 0 Å². The second kappa shape index (κ2) is 5.74. The molecule has 2 rings (SSSR count). The summed E-state index contributed by atoms with van der Waals surface area (Å²) in [6, 6.07) is 7.67. The summed E-state index contributed by atoms with van der Waals surface area (Å²) in [7, 11) is 0. The van der Waals surface area contributed by atoms with E-state index in [1.165, 1.54) is 0 Å². The van der Waals surface area contributed by atoms with Crippen molar-refractivity contribution in [2.45, 2.75) is 45.1 Å². The van der Waals surface area contributed by atoms with E-state index >= 15 is 0 Å². The fourth-order valence-electron chi connectivity index (χ4n) is 3.32. The van der Waals surface area contributed by atoms with E-state index in [4.69, 9.17) is 16.3 Å². The first-order chi connectivity index (χ1) is 9.32. The van der Waals surface area contributed by atoms with E-state index in [9.17, 15) is 9.90 Å². The van der Waals surface area contributed by atoms with Gasteiger partial charge >= 0.3 is 5.97 Å². The molecule has 0 radical (unpaired) electrons. The molecule has 0 aromatic heterocycles. The van der Waals surface area contributed by atoms with Crippen molar-refractivity contribution in [1.82, 2.24) is 0 Å². The first-order valence-corrected chi connectivity index (χ1v) is 7.29. The molecule has 0 bridgehead atoms. The Morgan fingerprint density at radius 3 is 2.70 bits per heavy atom. The van der Waals surface area contributed by atoms with E-state index in [1.54, 1.807) is 0 Å². The largest absolute Gasteiger partial charge is 0.481 e. The number of carboxylic acid groups (broad SMARTS) is 1. The molecule has 0 unspecified atom stereocenters. The molecule has 1 aliphatic rings. The van der Waals surface area contributed by atoms with Crippen molar-refractivity contribution >= 4 is 17.6 Å². The Balaban J connectivity index is 2.28. The van der Waals surface area contributed by atoms with Crippen LogP contribution in [0.15, 0.2) is 24.3 Å². The van der Waals surface area contributed by atoms with Crippen LogP contribution in [0.2, 0.25) is 5.02 Å². The summed E-state index contributed by atoms with van der Waals surface area (Å²) in [5.41, 5.74) is 0.459. The first kappa shape index (κ1) is 15.3. The summed E-state index contributed by atoms with van der Waals surface area (Å²) in [6.07, 6.45) is 2.34. The van der Waals surface area contributed by atoms with Crippen molar-refractivity contribution in [3.63, 3.8) is 0 Å². The van der Waals surface area contributed by atoms with E-state index in [2.05, 4.69) is 0 Å². The van der Waals surface area contributed by atoms with Crippen molar-refractivity contribution in [2.24, 2.45) is 5.41 Å². The highest BCUT2D eigenvalue weighted by Crippen LogP contribution is 2.44. The average Bonchev–Trinajstić information content (AvgIpc) is 2.29. The number of carbonyl (C=O) groups is 1. The van der Waals surface area contributed by atoms with Crippen molar-refractivity contribution in [1.29, 1.82) is 0 Å². The van der Waals surface area contributed by atoms with Crippen LogP contribution >= 0.6 is 11.6 Å². The number of carboxylic acids is 1. The molecule has 4 heteroatoms. The van der Waals surface area contributed by atoms with Gasteiger partial charge < -0.3 is 9.84 Å². The molecule has 0 saturated carbocycles. The standard InChI is InChI=1S/C16H21ClO3/c1-15(2)11-16(7-8-20-15,10-14(18)19)9-12-5-3-4-6-13(12)17/h3-6H,7-11H2,1-2H3,(H,18,19)/t16-/m1/s1. The Morgan fingerprint density at radius 2 is 2.10 bits per heavy atom. The van der Waals surface area contributed by atoms with Gasteiger partial charge in [-0.2, -0.15) is 0 Å². The molecule has 1 aliphatic heterocycles. The van der Waals surface area contributed by atoms with Gasteiger partial charge in [0, 0.05) is 11.6 Å². The number of hydrogen-bond acceptors (Lipinski definition) is 2. The SMILES string of the molecule is CC1(C)C[C@@](CC(=O)O)(Cc2ccccc2Cl)CCO1. The summed E-state index contributed by atoms with van der Waals surface area (Å²) >= 11 is 6.23. The molecule has 0 amide bonds. The normalized spacial score (nSPS) is 25.4. The predicted molar refractivity (Wildman–Crippen MR) is 79.1 cm³/mol. The van der Waals surface area contributed by atoms with Crippen LogP contribution in [0.5, 0.6) is 0 Å². The summed E-state index contributed by atoms with van der Waals surface area (Å²) in [6.45, 7) is 4.65. The third kappa shape index (κ3) is 3.74. The van der Waals surface area contributed by atoms with Gasteiger partial charge in [0.25, 0.3) is 0 Å². The lowest BCUT2D eigenvalue weighted by molar-refractivity contribution is -0.147. The molecular weight excluding hydrogens is 276 g/mol. The number of halogens is 1. The lowest BCUT2D eigenvalue weighted by atomic mass is 9.68. The Bertz CT molecular complexity index is 498. The maximum Gasteiger partial charge on any atom is 0.303 e. The molecule has 3 nitrogen and oxygen atoms in total. The minimum absolute atomic E-state index is 0.158. The lowest BCUT2D eigenvalue weighted by Crippen LogP contribution is -2.43. The Morgan fingerprint density at radius 1 is 1.40 bits per heavy atom. The molecule has 0 spiro atoms. The van der Waals surface area contributed by atoms with Gasteiger partial charge in [-0.1, -0.05) is 29.8 Å². The highest BCUT2D eigenvalue weighted by molar-refractivity contribution is 6.31. The van der Waals surface area contributed by atoms with E-state index in [0.717, 1.165) is 18.4 Å². The number of aliphatic carboxylic acids is 1. The molecule has 0 aliphatic carbocycles. The summed E-state index contributed by atoms with van der Waals surface area (Å²) < 4.78 is 5.74. The second-order valence-corrected chi connectivity index (χ2v) is 6.78. The molecule has 1 aromatic rings. The van der Waals surface area contributed by atoms with Gasteiger partial charge in [0.15, 0.2) is 0 Å². The summed E-state index contributed by atoms with van der Waals surface area (Å²) in [5, 5.41) is 9.98. The lowest BCUT2D eigenvalue weighted by Gasteiger charge is -2.44. The third-order valence-electron chi connectivity index (χ3n) is 3.98. The fraction of sp³-hybridized carbons (Fsp3) is 0.562. The van der Waals surface area contributed by atoms with Crippen LogP contribution in [-0.2, 0) is 16.0 Å². The molecule has 1 heterocycles. The van der Waals surface area contributed by atoms with Gasteiger partial charge in [-0.3, -0.25) is 4.79 Å². The summed E-state index contributed by atoms with van der Waals surface area (Å²) in [5.74, 6) is -0.755. The van der Waals surface area contributed by atoms with Gasteiger partial charge in [-0.05, 0) is 50.2 Å². The van der Waals surface area contributed by atoms with Crippen molar-refractivity contribution < 1.29 is 14.6 Å². The van der Waals surface area contributed by atoms with E-state index in [1.807, 2.05) is 38.1 Å². The quantitative estimate of drug-likeness (QED) is 0.915.